The minimum atomic E-state index is -0.544. The minimum Gasteiger partial charge on any atom is -0.497 e. The highest BCUT2D eigenvalue weighted by Gasteiger charge is 2.60. The van der Waals surface area contributed by atoms with Crippen molar-refractivity contribution in [3.05, 3.63) is 29.3 Å². The molecule has 3 heteroatoms. The van der Waals surface area contributed by atoms with Gasteiger partial charge in [0.05, 0.1) is 12.7 Å². The Kier molecular flexibility index (Phi) is 3.92. The van der Waals surface area contributed by atoms with E-state index in [0.29, 0.717) is 18.4 Å². The number of aryl methyl sites for hydroxylation is 1. The zero-order valence-corrected chi connectivity index (χ0v) is 15.1. The zero-order chi connectivity index (χ0) is 16.9. The number of nitrogens with two attached hydrogens (primary N) is 1. The molecule has 0 bridgehead atoms. The van der Waals surface area contributed by atoms with Crippen molar-refractivity contribution in [2.24, 2.45) is 23.0 Å². The predicted octanol–water partition coefficient (Wildman–Crippen LogP) is 3.63. The number of methoxy groups -OCH3 is 1. The van der Waals surface area contributed by atoms with Crippen LogP contribution in [0.5, 0.6) is 5.75 Å². The predicted molar refractivity (Wildman–Crippen MR) is 96.2 cm³/mol. The van der Waals surface area contributed by atoms with Gasteiger partial charge in [0.1, 0.15) is 5.75 Å². The topological polar surface area (TPSA) is 55.5 Å². The van der Waals surface area contributed by atoms with Gasteiger partial charge in [-0.3, -0.25) is 0 Å². The first-order valence-electron chi connectivity index (χ1n) is 9.62. The normalized spacial score (nSPS) is 40.6. The molecule has 0 aliphatic heterocycles. The van der Waals surface area contributed by atoms with E-state index in [0.717, 1.165) is 37.4 Å². The molecule has 2 fully saturated rings. The Bertz CT molecular complexity index is 630. The van der Waals surface area contributed by atoms with Crippen molar-refractivity contribution in [2.45, 2.75) is 63.4 Å². The van der Waals surface area contributed by atoms with Gasteiger partial charge >= 0.3 is 0 Å². The van der Waals surface area contributed by atoms with Crippen LogP contribution in [0.2, 0.25) is 0 Å². The van der Waals surface area contributed by atoms with Crippen molar-refractivity contribution in [3.63, 3.8) is 0 Å². The minimum absolute atomic E-state index is 0.0531. The van der Waals surface area contributed by atoms with Crippen molar-refractivity contribution in [1.82, 2.24) is 0 Å². The van der Waals surface area contributed by atoms with Crippen LogP contribution < -0.4 is 10.5 Å². The Morgan fingerprint density at radius 1 is 1.25 bits per heavy atom. The highest BCUT2D eigenvalue weighted by atomic mass is 16.5. The van der Waals surface area contributed by atoms with E-state index in [4.69, 9.17) is 10.5 Å². The molecule has 1 aromatic carbocycles. The monoisotopic (exact) mass is 329 g/mol. The summed E-state index contributed by atoms with van der Waals surface area (Å²) in [5.41, 5.74) is 8.36. The van der Waals surface area contributed by atoms with Gasteiger partial charge in [-0.2, -0.15) is 0 Å². The second-order valence-electron chi connectivity index (χ2n) is 8.55. The highest BCUT2D eigenvalue weighted by Crippen LogP contribution is 2.64. The number of hydrogen-bond donors (Lipinski definition) is 2. The molecule has 3 aliphatic carbocycles. The van der Waals surface area contributed by atoms with Crippen LogP contribution in [0.15, 0.2) is 18.2 Å². The lowest BCUT2D eigenvalue weighted by molar-refractivity contribution is -0.105. The van der Waals surface area contributed by atoms with Gasteiger partial charge in [-0.25, -0.2) is 0 Å². The van der Waals surface area contributed by atoms with E-state index in [2.05, 4.69) is 25.1 Å². The molecule has 5 atom stereocenters. The Morgan fingerprint density at radius 2 is 2.08 bits per heavy atom. The first kappa shape index (κ1) is 16.4. The summed E-state index contributed by atoms with van der Waals surface area (Å²) in [6.07, 6.45) is 7.58. The lowest BCUT2D eigenvalue weighted by atomic mass is 9.53. The maximum Gasteiger partial charge on any atom is 0.119 e. The lowest BCUT2D eigenvalue weighted by Crippen LogP contribution is -2.51. The standard InChI is InChI=1S/C21H31NO2/c1-20-9-7-17-16-6-4-15(24-2)13-14(16)3-5-18(17)19(20)8-10-21(20,23)11-12-22/h4,6,13,17-19,23H,3,5,7-12,22H2,1-2H3/t17-,18-,19+,20+,21-/m1/s1. The fraction of sp³-hybridized carbons (Fsp3) is 0.714. The van der Waals surface area contributed by atoms with Crippen LogP contribution in [0.25, 0.3) is 0 Å². The van der Waals surface area contributed by atoms with Crippen molar-refractivity contribution in [1.29, 1.82) is 0 Å². The van der Waals surface area contributed by atoms with Crippen molar-refractivity contribution >= 4 is 0 Å². The summed E-state index contributed by atoms with van der Waals surface area (Å²) in [5.74, 6) is 3.00. The Balaban J connectivity index is 1.65. The molecule has 0 saturated heterocycles. The van der Waals surface area contributed by atoms with Crippen molar-refractivity contribution in [2.75, 3.05) is 13.7 Å². The van der Waals surface area contributed by atoms with Crippen LogP contribution in [-0.4, -0.2) is 24.4 Å². The van der Waals surface area contributed by atoms with E-state index in [1.165, 1.54) is 24.8 Å². The molecule has 0 unspecified atom stereocenters. The molecular weight excluding hydrogens is 298 g/mol. The van der Waals surface area contributed by atoms with Crippen molar-refractivity contribution < 1.29 is 9.84 Å². The fourth-order valence-electron chi connectivity index (χ4n) is 6.45. The second kappa shape index (κ2) is 5.74. The zero-order valence-electron chi connectivity index (χ0n) is 15.1. The molecule has 4 rings (SSSR count). The molecule has 0 spiro atoms. The van der Waals surface area contributed by atoms with Crippen LogP contribution in [0.4, 0.5) is 0 Å². The molecule has 0 heterocycles. The van der Waals surface area contributed by atoms with E-state index in [-0.39, 0.29) is 5.41 Å². The van der Waals surface area contributed by atoms with Gasteiger partial charge < -0.3 is 15.6 Å². The Hall–Kier alpha value is -1.06. The van der Waals surface area contributed by atoms with Gasteiger partial charge in [0, 0.05) is 0 Å². The summed E-state index contributed by atoms with van der Waals surface area (Å²) in [6.45, 7) is 2.94. The van der Waals surface area contributed by atoms with Crippen molar-refractivity contribution in [3.8, 4) is 5.75 Å². The summed E-state index contributed by atoms with van der Waals surface area (Å²) >= 11 is 0. The van der Waals surface area contributed by atoms with Crippen LogP contribution in [0.3, 0.4) is 0 Å². The largest absolute Gasteiger partial charge is 0.497 e. The first-order chi connectivity index (χ1) is 11.5. The number of rotatable bonds is 3. The second-order valence-corrected chi connectivity index (χ2v) is 8.55. The van der Waals surface area contributed by atoms with E-state index in [1.807, 2.05) is 0 Å². The molecule has 3 aliphatic rings. The quantitative estimate of drug-likeness (QED) is 0.890. The number of fused-ring (bicyclic) bond motifs is 5. The van der Waals surface area contributed by atoms with E-state index in [1.54, 1.807) is 12.7 Å². The third kappa shape index (κ3) is 2.17. The van der Waals surface area contributed by atoms with E-state index < -0.39 is 5.60 Å². The van der Waals surface area contributed by atoms with Gasteiger partial charge in [-0.15, -0.1) is 0 Å². The van der Waals surface area contributed by atoms with Gasteiger partial charge in [-0.1, -0.05) is 13.0 Å². The third-order valence-corrected chi connectivity index (χ3v) is 7.81. The average Bonchev–Trinajstić information content (AvgIpc) is 2.86. The Morgan fingerprint density at radius 3 is 2.83 bits per heavy atom. The molecule has 132 valence electrons. The Labute approximate surface area is 145 Å². The summed E-state index contributed by atoms with van der Waals surface area (Å²) < 4.78 is 5.41. The summed E-state index contributed by atoms with van der Waals surface area (Å²) in [4.78, 5) is 0. The summed E-state index contributed by atoms with van der Waals surface area (Å²) in [6, 6.07) is 6.65. The van der Waals surface area contributed by atoms with Crippen LogP contribution in [0, 0.1) is 17.3 Å². The lowest BCUT2D eigenvalue weighted by Gasteiger charge is -2.53. The smallest absolute Gasteiger partial charge is 0.119 e. The molecule has 3 N–H and O–H groups in total. The molecular formula is C21H31NO2. The first-order valence-corrected chi connectivity index (χ1v) is 9.62. The van der Waals surface area contributed by atoms with Crippen LogP contribution in [-0.2, 0) is 6.42 Å². The molecule has 0 amide bonds. The van der Waals surface area contributed by atoms with E-state index in [9.17, 15) is 5.11 Å². The number of benzene rings is 1. The molecule has 1 aromatic rings. The maximum absolute atomic E-state index is 11.3. The van der Waals surface area contributed by atoms with Gasteiger partial charge in [0.15, 0.2) is 0 Å². The number of hydrogen-bond acceptors (Lipinski definition) is 3. The highest BCUT2D eigenvalue weighted by molar-refractivity contribution is 5.40. The van der Waals surface area contributed by atoms with Crippen LogP contribution in [0.1, 0.15) is 62.5 Å². The van der Waals surface area contributed by atoms with Gasteiger partial charge in [0.25, 0.3) is 0 Å². The maximum atomic E-state index is 11.3. The van der Waals surface area contributed by atoms with Gasteiger partial charge in [0.2, 0.25) is 0 Å². The number of aliphatic hydroxyl groups is 1. The molecule has 24 heavy (non-hydrogen) atoms. The summed E-state index contributed by atoms with van der Waals surface area (Å²) in [5, 5.41) is 11.3. The van der Waals surface area contributed by atoms with E-state index >= 15 is 0 Å². The third-order valence-electron chi connectivity index (χ3n) is 7.81. The number of ether oxygens (including phenoxy) is 1. The molecule has 3 nitrogen and oxygen atoms in total. The molecule has 0 radical (unpaired) electrons. The molecule has 2 saturated carbocycles. The summed E-state index contributed by atoms with van der Waals surface area (Å²) in [7, 11) is 1.75. The fourth-order valence-corrected chi connectivity index (χ4v) is 6.45. The van der Waals surface area contributed by atoms with Crippen LogP contribution >= 0.6 is 0 Å². The SMILES string of the molecule is COc1ccc2c(c1)CC[C@@H]1[C@@H]2CC[C@@]2(C)[C@H]1CC[C@@]2(O)CCN. The average molecular weight is 329 g/mol. The molecule has 0 aromatic heterocycles. The van der Waals surface area contributed by atoms with Gasteiger partial charge in [-0.05, 0) is 97.9 Å².